The number of esters is 2. The fourth-order valence-corrected chi connectivity index (χ4v) is 2.95. The summed E-state index contributed by atoms with van der Waals surface area (Å²) in [5.74, 6) is -2.11. The van der Waals surface area contributed by atoms with Gasteiger partial charge >= 0.3 is 17.6 Å². The van der Waals surface area contributed by atoms with E-state index in [0.29, 0.717) is 0 Å². The fraction of sp³-hybridized carbons (Fsp3) is 0.684. The first-order chi connectivity index (χ1) is 13.5. The summed E-state index contributed by atoms with van der Waals surface area (Å²) in [5, 5.41) is 0. The largest absolute Gasteiger partial charge is 0.462 e. The highest BCUT2D eigenvalue weighted by atomic mass is 19.1. The molecule has 0 saturated carbocycles. The molecule has 1 unspecified atom stereocenters. The van der Waals surface area contributed by atoms with Crippen molar-refractivity contribution in [2.75, 3.05) is 6.61 Å². The Kier molecular flexibility index (Phi) is 6.99. The first-order valence-electron chi connectivity index (χ1n) is 9.53. The number of H-pyrrole nitrogens is 1. The summed E-state index contributed by atoms with van der Waals surface area (Å²) in [6.07, 6.45) is -3.57. The molecule has 1 fully saturated rings. The summed E-state index contributed by atoms with van der Waals surface area (Å²) < 4.78 is 32.8. The molecular formula is C19H27FN2O7. The van der Waals surface area contributed by atoms with Gasteiger partial charge in [-0.3, -0.25) is 23.9 Å². The molecule has 0 radical (unpaired) electrons. The van der Waals surface area contributed by atoms with Gasteiger partial charge < -0.3 is 14.2 Å². The van der Waals surface area contributed by atoms with Crippen LogP contribution in [-0.4, -0.2) is 46.0 Å². The molecule has 162 valence electrons. The highest BCUT2D eigenvalue weighted by Gasteiger charge is 2.59. The first kappa shape index (κ1) is 22.8. The molecule has 9 nitrogen and oxygen atoms in total. The Bertz CT molecular complexity index is 863. The Morgan fingerprint density at radius 3 is 2.38 bits per heavy atom. The standard InChI is InChI=1S/C19H27FN2O7/c1-6-19(9-27-16(24)10(2)3)14(28-17(25)11(4)5)13(20)15(29-19)22-8-7-12(23)21-18(22)26/h7-8,10-11,13-15H,6,9H2,1-5H3,(H,21,23,26)/t13-,14+,15?,19-/m1/s1. The first-order valence-corrected chi connectivity index (χ1v) is 9.53. The third-order valence-corrected chi connectivity index (χ3v) is 4.80. The predicted molar refractivity (Wildman–Crippen MR) is 99.9 cm³/mol. The minimum atomic E-state index is -1.93. The van der Waals surface area contributed by atoms with Gasteiger partial charge in [-0.15, -0.1) is 0 Å². The second-order valence-electron chi connectivity index (χ2n) is 7.66. The van der Waals surface area contributed by atoms with Gasteiger partial charge in [-0.1, -0.05) is 34.6 Å². The van der Waals surface area contributed by atoms with E-state index in [2.05, 4.69) is 0 Å². The van der Waals surface area contributed by atoms with Crippen molar-refractivity contribution in [1.29, 1.82) is 0 Å². The van der Waals surface area contributed by atoms with Gasteiger partial charge in [-0.05, 0) is 6.42 Å². The average Bonchev–Trinajstić information content (AvgIpc) is 2.92. The maximum atomic E-state index is 15.4. The fourth-order valence-electron chi connectivity index (χ4n) is 2.95. The Morgan fingerprint density at radius 2 is 1.86 bits per heavy atom. The minimum absolute atomic E-state index is 0.142. The topological polar surface area (TPSA) is 117 Å². The molecule has 1 aromatic rings. The molecular weight excluding hydrogens is 387 g/mol. The van der Waals surface area contributed by atoms with Crippen molar-refractivity contribution in [3.8, 4) is 0 Å². The SMILES string of the molecule is CC[C@]1(COC(=O)C(C)C)OC(n2ccc(=O)[nH]c2=O)[C@H](F)[C@@H]1OC(=O)C(C)C. The van der Waals surface area contributed by atoms with Crippen LogP contribution in [0.3, 0.4) is 0 Å². The van der Waals surface area contributed by atoms with Crippen molar-refractivity contribution in [1.82, 2.24) is 9.55 Å². The van der Waals surface area contributed by atoms with Crippen LogP contribution in [0.15, 0.2) is 21.9 Å². The van der Waals surface area contributed by atoms with E-state index in [4.69, 9.17) is 14.2 Å². The van der Waals surface area contributed by atoms with Gasteiger partial charge in [0, 0.05) is 12.3 Å². The third-order valence-electron chi connectivity index (χ3n) is 4.80. The van der Waals surface area contributed by atoms with Crippen molar-refractivity contribution in [2.24, 2.45) is 11.8 Å². The van der Waals surface area contributed by atoms with E-state index >= 15 is 4.39 Å². The summed E-state index contributed by atoms with van der Waals surface area (Å²) in [6.45, 7) is 7.81. The summed E-state index contributed by atoms with van der Waals surface area (Å²) in [6, 6.07) is 1.05. The molecule has 29 heavy (non-hydrogen) atoms. The van der Waals surface area contributed by atoms with Crippen molar-refractivity contribution < 1.29 is 28.2 Å². The number of aromatic nitrogens is 2. The van der Waals surface area contributed by atoms with Crippen molar-refractivity contribution >= 4 is 11.9 Å². The van der Waals surface area contributed by atoms with Gasteiger partial charge in [0.15, 0.2) is 18.5 Å². The molecule has 0 spiro atoms. The molecule has 1 aromatic heterocycles. The van der Waals surface area contributed by atoms with Gasteiger partial charge in [0.25, 0.3) is 5.56 Å². The highest BCUT2D eigenvalue weighted by Crippen LogP contribution is 2.43. The lowest BCUT2D eigenvalue weighted by molar-refractivity contribution is -0.182. The second-order valence-corrected chi connectivity index (χ2v) is 7.66. The van der Waals surface area contributed by atoms with Crippen LogP contribution in [0.4, 0.5) is 4.39 Å². The molecule has 0 bridgehead atoms. The highest BCUT2D eigenvalue weighted by molar-refractivity contribution is 5.72. The zero-order valence-corrected chi connectivity index (χ0v) is 17.1. The van der Waals surface area contributed by atoms with Crippen LogP contribution in [0.5, 0.6) is 0 Å². The van der Waals surface area contributed by atoms with Gasteiger partial charge in [-0.25, -0.2) is 9.18 Å². The second kappa shape index (κ2) is 8.89. The van der Waals surface area contributed by atoms with Gasteiger partial charge in [-0.2, -0.15) is 0 Å². The number of aromatic amines is 1. The van der Waals surface area contributed by atoms with E-state index < -0.39 is 59.1 Å². The van der Waals surface area contributed by atoms with E-state index in [9.17, 15) is 19.2 Å². The molecule has 1 saturated heterocycles. The van der Waals surface area contributed by atoms with Crippen LogP contribution < -0.4 is 11.2 Å². The summed E-state index contributed by atoms with van der Waals surface area (Å²) in [7, 11) is 0. The lowest BCUT2D eigenvalue weighted by atomic mass is 9.93. The Hall–Kier alpha value is -2.49. The number of carbonyl (C=O) groups is 2. The number of hydrogen-bond donors (Lipinski definition) is 1. The normalized spacial score (nSPS) is 26.7. The zero-order chi connectivity index (χ0) is 21.9. The van der Waals surface area contributed by atoms with Gasteiger partial charge in [0.2, 0.25) is 0 Å². The molecule has 1 N–H and O–H groups in total. The quantitative estimate of drug-likeness (QED) is 0.669. The van der Waals surface area contributed by atoms with Crippen LogP contribution in [0.25, 0.3) is 0 Å². The molecule has 10 heteroatoms. The summed E-state index contributed by atoms with van der Waals surface area (Å²) in [5.41, 5.74) is -3.00. The Balaban J connectivity index is 2.43. The number of halogens is 1. The van der Waals surface area contributed by atoms with E-state index in [1.54, 1.807) is 34.6 Å². The number of ether oxygens (including phenoxy) is 3. The van der Waals surface area contributed by atoms with Gasteiger partial charge in [0.05, 0.1) is 11.8 Å². The molecule has 1 aliphatic rings. The van der Waals surface area contributed by atoms with Crippen molar-refractivity contribution in [2.45, 2.75) is 65.1 Å². The number of rotatable bonds is 7. The molecule has 1 aliphatic heterocycles. The Labute approximate surface area is 167 Å². The Morgan fingerprint density at radius 1 is 1.24 bits per heavy atom. The number of alkyl halides is 1. The van der Waals surface area contributed by atoms with E-state index in [1.807, 2.05) is 4.98 Å². The number of nitrogens with zero attached hydrogens (tertiary/aromatic N) is 1. The molecule has 0 aromatic carbocycles. The van der Waals surface area contributed by atoms with Crippen molar-refractivity contribution in [3.63, 3.8) is 0 Å². The molecule has 0 aliphatic carbocycles. The molecule has 2 heterocycles. The minimum Gasteiger partial charge on any atom is -0.462 e. The van der Waals surface area contributed by atoms with Gasteiger partial charge in [0.1, 0.15) is 12.2 Å². The average molecular weight is 414 g/mol. The van der Waals surface area contributed by atoms with E-state index in [1.165, 1.54) is 0 Å². The molecule has 2 rings (SSSR count). The van der Waals surface area contributed by atoms with Crippen molar-refractivity contribution in [3.05, 3.63) is 33.1 Å². The lowest BCUT2D eigenvalue weighted by Crippen LogP contribution is -2.49. The van der Waals surface area contributed by atoms with Crippen LogP contribution in [-0.2, 0) is 23.8 Å². The summed E-state index contributed by atoms with van der Waals surface area (Å²) in [4.78, 5) is 49.6. The van der Waals surface area contributed by atoms with Crippen LogP contribution in [0.1, 0.15) is 47.3 Å². The monoisotopic (exact) mass is 414 g/mol. The van der Waals surface area contributed by atoms with Crippen LogP contribution in [0, 0.1) is 11.8 Å². The summed E-state index contributed by atoms with van der Waals surface area (Å²) >= 11 is 0. The van der Waals surface area contributed by atoms with E-state index in [-0.39, 0.29) is 13.0 Å². The smallest absolute Gasteiger partial charge is 0.330 e. The number of nitrogens with one attached hydrogen (secondary N) is 1. The molecule has 0 amide bonds. The zero-order valence-electron chi connectivity index (χ0n) is 17.1. The maximum Gasteiger partial charge on any atom is 0.330 e. The van der Waals surface area contributed by atoms with E-state index in [0.717, 1.165) is 16.8 Å². The predicted octanol–water partition coefficient (Wildman–Crippen LogP) is 1.32. The van der Waals surface area contributed by atoms with Crippen LogP contribution in [0.2, 0.25) is 0 Å². The lowest BCUT2D eigenvalue weighted by Gasteiger charge is -2.32. The third kappa shape index (κ3) is 4.75. The maximum absolute atomic E-state index is 15.4. The molecule has 4 atom stereocenters. The van der Waals surface area contributed by atoms with Crippen LogP contribution >= 0.6 is 0 Å². The number of hydrogen-bond acceptors (Lipinski definition) is 7. The number of carbonyl (C=O) groups excluding carboxylic acids is 2.